The minimum absolute atomic E-state index is 0.0833. The number of rotatable bonds is 1. The third-order valence-electron chi connectivity index (χ3n) is 4.24. The van der Waals surface area contributed by atoms with Crippen molar-refractivity contribution in [2.24, 2.45) is 13.0 Å². The Kier molecular flexibility index (Phi) is 3.28. The van der Waals surface area contributed by atoms with Crippen molar-refractivity contribution < 1.29 is 0 Å². The van der Waals surface area contributed by atoms with Gasteiger partial charge in [-0.2, -0.15) is 0 Å². The van der Waals surface area contributed by atoms with E-state index in [9.17, 15) is 4.79 Å². The second-order valence-corrected chi connectivity index (χ2v) is 6.28. The van der Waals surface area contributed by atoms with Gasteiger partial charge in [0, 0.05) is 24.5 Å². The molecule has 0 aromatic carbocycles. The van der Waals surface area contributed by atoms with Crippen molar-refractivity contribution in [3.8, 4) is 0 Å². The summed E-state index contributed by atoms with van der Waals surface area (Å²) in [4.78, 5) is 14.4. The lowest BCUT2D eigenvalue weighted by Crippen LogP contribution is -2.44. The van der Waals surface area contributed by atoms with Gasteiger partial charge < -0.3 is 4.90 Å². The lowest BCUT2D eigenvalue weighted by atomic mass is 9.90. The Morgan fingerprint density at radius 1 is 1.45 bits per heavy atom. The van der Waals surface area contributed by atoms with Crippen LogP contribution in [-0.2, 0) is 13.5 Å². The largest absolute Gasteiger partial charge is 0.348 e. The van der Waals surface area contributed by atoms with Gasteiger partial charge in [-0.05, 0) is 25.8 Å². The van der Waals surface area contributed by atoms with Crippen LogP contribution in [0.2, 0.25) is 0 Å². The molecule has 1 aliphatic heterocycles. The minimum atomic E-state index is 0.0833. The highest BCUT2D eigenvalue weighted by molar-refractivity contribution is 6.30. The zero-order valence-corrected chi connectivity index (χ0v) is 12.9. The number of halogens is 1. The Balaban J connectivity index is 2.03. The molecule has 4 nitrogen and oxygen atoms in total. The topological polar surface area (TPSA) is 41.0 Å². The van der Waals surface area contributed by atoms with Crippen molar-refractivity contribution in [3.05, 3.63) is 38.7 Å². The standard InChI is InChI=1S/C15H20ClN3O/c1-9-7-10(2)13(12(16)8-9)19-6-4-5-11-14(19)17-18(3)15(11)20/h7-8,10,13,17H,4-6H2,1-3H3. The van der Waals surface area contributed by atoms with E-state index in [0.29, 0.717) is 5.92 Å². The molecule has 2 unspecified atom stereocenters. The Labute approximate surface area is 123 Å². The molecule has 0 saturated carbocycles. The van der Waals surface area contributed by atoms with E-state index in [1.54, 1.807) is 11.7 Å². The van der Waals surface area contributed by atoms with Gasteiger partial charge in [-0.25, -0.2) is 0 Å². The normalized spacial score (nSPS) is 26.1. The molecule has 1 aromatic rings. The van der Waals surface area contributed by atoms with Crippen molar-refractivity contribution in [1.82, 2.24) is 9.78 Å². The van der Waals surface area contributed by atoms with E-state index >= 15 is 0 Å². The van der Waals surface area contributed by atoms with Crippen molar-refractivity contribution in [2.75, 3.05) is 11.4 Å². The highest BCUT2D eigenvalue weighted by Gasteiger charge is 2.33. The molecule has 2 heterocycles. The minimum Gasteiger partial charge on any atom is -0.348 e. The zero-order valence-electron chi connectivity index (χ0n) is 12.1. The first-order valence-corrected chi connectivity index (χ1v) is 7.47. The molecule has 0 amide bonds. The maximum Gasteiger partial charge on any atom is 0.271 e. The lowest BCUT2D eigenvalue weighted by molar-refractivity contribution is 0.524. The number of aryl methyl sites for hydroxylation is 1. The summed E-state index contributed by atoms with van der Waals surface area (Å²) in [7, 11) is 1.77. The van der Waals surface area contributed by atoms with Gasteiger partial charge >= 0.3 is 0 Å². The Bertz CT molecular complexity index is 653. The number of H-pyrrole nitrogens is 1. The highest BCUT2D eigenvalue weighted by Crippen LogP contribution is 2.35. The van der Waals surface area contributed by atoms with Gasteiger partial charge in [-0.1, -0.05) is 30.2 Å². The van der Waals surface area contributed by atoms with Crippen LogP contribution in [0.1, 0.15) is 25.8 Å². The molecule has 0 fully saturated rings. The second kappa shape index (κ2) is 4.85. The van der Waals surface area contributed by atoms with Gasteiger partial charge in [0.05, 0.1) is 11.6 Å². The third-order valence-corrected chi connectivity index (χ3v) is 4.58. The van der Waals surface area contributed by atoms with Gasteiger partial charge in [0.25, 0.3) is 5.56 Å². The van der Waals surface area contributed by atoms with Crippen LogP contribution in [0.15, 0.2) is 27.6 Å². The summed E-state index contributed by atoms with van der Waals surface area (Å²) in [5.74, 6) is 1.28. The Morgan fingerprint density at radius 2 is 2.20 bits per heavy atom. The molecule has 3 rings (SSSR count). The fourth-order valence-electron chi connectivity index (χ4n) is 3.40. The molecule has 0 saturated heterocycles. The summed E-state index contributed by atoms with van der Waals surface area (Å²) < 4.78 is 1.56. The van der Waals surface area contributed by atoms with Crippen molar-refractivity contribution in [1.29, 1.82) is 0 Å². The molecular formula is C15H20ClN3O. The van der Waals surface area contributed by atoms with Gasteiger partial charge in [0.1, 0.15) is 5.82 Å². The first-order valence-electron chi connectivity index (χ1n) is 7.09. The first kappa shape index (κ1) is 13.6. The van der Waals surface area contributed by atoms with Gasteiger partial charge in [-0.3, -0.25) is 14.6 Å². The summed E-state index contributed by atoms with van der Waals surface area (Å²) in [6.07, 6.45) is 6.11. The van der Waals surface area contributed by atoms with Gasteiger partial charge in [-0.15, -0.1) is 0 Å². The Hall–Kier alpha value is -1.42. The molecule has 1 aromatic heterocycles. The quantitative estimate of drug-likeness (QED) is 0.864. The fourth-order valence-corrected chi connectivity index (χ4v) is 3.89. The van der Waals surface area contributed by atoms with Crippen LogP contribution in [0, 0.1) is 5.92 Å². The number of hydrogen-bond acceptors (Lipinski definition) is 2. The number of anilines is 1. The van der Waals surface area contributed by atoms with Crippen LogP contribution < -0.4 is 10.5 Å². The second-order valence-electron chi connectivity index (χ2n) is 5.84. The number of allylic oxidation sites excluding steroid dienone is 2. The Morgan fingerprint density at radius 3 is 2.90 bits per heavy atom. The number of nitrogens with zero attached hydrogens (tertiary/aromatic N) is 2. The molecule has 2 aliphatic rings. The lowest BCUT2D eigenvalue weighted by Gasteiger charge is -2.39. The molecule has 2 atom stereocenters. The van der Waals surface area contributed by atoms with Crippen molar-refractivity contribution in [3.63, 3.8) is 0 Å². The summed E-state index contributed by atoms with van der Waals surface area (Å²) in [6, 6.07) is 0.123. The van der Waals surface area contributed by atoms with Crippen LogP contribution in [-0.4, -0.2) is 22.4 Å². The average Bonchev–Trinajstić information content (AvgIpc) is 2.66. The van der Waals surface area contributed by atoms with E-state index in [4.69, 9.17) is 11.6 Å². The number of nitrogens with one attached hydrogen (secondary N) is 1. The van der Waals surface area contributed by atoms with Crippen LogP contribution >= 0.6 is 11.6 Å². The predicted octanol–water partition coefficient (Wildman–Crippen LogP) is 2.55. The molecule has 1 aliphatic carbocycles. The maximum absolute atomic E-state index is 12.1. The van der Waals surface area contributed by atoms with E-state index in [0.717, 1.165) is 35.8 Å². The monoisotopic (exact) mass is 293 g/mol. The highest BCUT2D eigenvalue weighted by atomic mass is 35.5. The molecule has 108 valence electrons. The summed E-state index contributed by atoms with van der Waals surface area (Å²) in [5, 5.41) is 4.04. The summed E-state index contributed by atoms with van der Waals surface area (Å²) >= 11 is 6.50. The summed E-state index contributed by atoms with van der Waals surface area (Å²) in [5.41, 5.74) is 2.18. The van der Waals surface area contributed by atoms with E-state index in [1.165, 1.54) is 5.57 Å². The van der Waals surface area contributed by atoms with E-state index in [2.05, 4.69) is 29.9 Å². The smallest absolute Gasteiger partial charge is 0.271 e. The molecule has 20 heavy (non-hydrogen) atoms. The van der Waals surface area contributed by atoms with Gasteiger partial charge in [0.2, 0.25) is 0 Å². The van der Waals surface area contributed by atoms with E-state index in [-0.39, 0.29) is 11.6 Å². The fraction of sp³-hybridized carbons (Fsp3) is 0.533. The number of aromatic amines is 1. The van der Waals surface area contributed by atoms with E-state index in [1.807, 2.05) is 6.08 Å². The van der Waals surface area contributed by atoms with Crippen LogP contribution in [0.4, 0.5) is 5.82 Å². The SMILES string of the molecule is CC1=CC(C)C(N2CCCc3c2[nH]n(C)c3=O)C(Cl)=C1. The third kappa shape index (κ3) is 2.03. The summed E-state index contributed by atoms with van der Waals surface area (Å²) in [6.45, 7) is 5.18. The van der Waals surface area contributed by atoms with Crippen LogP contribution in [0.5, 0.6) is 0 Å². The number of aromatic nitrogens is 2. The number of fused-ring (bicyclic) bond motifs is 1. The molecular weight excluding hydrogens is 274 g/mol. The maximum atomic E-state index is 12.1. The molecule has 0 radical (unpaired) electrons. The zero-order chi connectivity index (χ0) is 14.4. The molecule has 0 bridgehead atoms. The van der Waals surface area contributed by atoms with Crippen molar-refractivity contribution in [2.45, 2.75) is 32.7 Å². The first-order chi connectivity index (χ1) is 9.49. The average molecular weight is 294 g/mol. The van der Waals surface area contributed by atoms with Crippen molar-refractivity contribution >= 4 is 17.4 Å². The van der Waals surface area contributed by atoms with E-state index < -0.39 is 0 Å². The van der Waals surface area contributed by atoms with Crippen LogP contribution in [0.25, 0.3) is 0 Å². The van der Waals surface area contributed by atoms with Crippen LogP contribution in [0.3, 0.4) is 0 Å². The number of hydrogen-bond donors (Lipinski definition) is 1. The molecule has 0 spiro atoms. The predicted molar refractivity (Wildman–Crippen MR) is 82.3 cm³/mol. The molecule has 1 N–H and O–H groups in total. The molecule has 5 heteroatoms. The van der Waals surface area contributed by atoms with Gasteiger partial charge in [0.15, 0.2) is 0 Å².